The molecule has 3 rings (SSSR count). The van der Waals surface area contributed by atoms with Gasteiger partial charge in [-0.15, -0.1) is 5.10 Å². The van der Waals surface area contributed by atoms with E-state index in [0.29, 0.717) is 21.6 Å². The second kappa shape index (κ2) is 7.62. The van der Waals surface area contributed by atoms with Crippen LogP contribution in [0.2, 0.25) is 5.02 Å². The molecule has 0 radical (unpaired) electrons. The minimum Gasteiger partial charge on any atom is -0.325 e. The summed E-state index contributed by atoms with van der Waals surface area (Å²) in [5.41, 5.74) is 1.13. The summed E-state index contributed by atoms with van der Waals surface area (Å²) in [4.78, 5) is 12.3. The fourth-order valence-corrected chi connectivity index (χ4v) is 2.94. The van der Waals surface area contributed by atoms with Crippen molar-refractivity contribution in [3.63, 3.8) is 0 Å². The number of hydrogen-bond donors (Lipinski definition) is 1. The lowest BCUT2D eigenvalue weighted by atomic mass is 10.3. The van der Waals surface area contributed by atoms with E-state index in [4.69, 9.17) is 11.6 Å². The molecule has 0 bridgehead atoms. The monoisotopic (exact) mass is 377 g/mol. The fourth-order valence-electron chi connectivity index (χ4n) is 2.01. The molecular formula is C16H13ClFN5OS. The highest BCUT2D eigenvalue weighted by Crippen LogP contribution is 2.24. The van der Waals surface area contributed by atoms with Crippen LogP contribution in [-0.4, -0.2) is 31.4 Å². The number of carbonyl (C=O) groups excluding carboxylic acids is 1. The summed E-state index contributed by atoms with van der Waals surface area (Å²) in [6, 6.07) is 12.7. The lowest BCUT2D eigenvalue weighted by Gasteiger charge is -2.11. The van der Waals surface area contributed by atoms with E-state index in [0.717, 1.165) is 0 Å². The van der Waals surface area contributed by atoms with E-state index in [1.54, 1.807) is 43.3 Å². The van der Waals surface area contributed by atoms with Crippen molar-refractivity contribution < 1.29 is 9.18 Å². The van der Waals surface area contributed by atoms with Gasteiger partial charge >= 0.3 is 0 Å². The number of rotatable bonds is 5. The van der Waals surface area contributed by atoms with Gasteiger partial charge in [0.25, 0.3) is 0 Å². The molecule has 1 amide bonds. The number of nitrogens with one attached hydrogen (secondary N) is 1. The average Bonchev–Trinajstić information content (AvgIpc) is 3.05. The zero-order valence-corrected chi connectivity index (χ0v) is 14.6. The van der Waals surface area contributed by atoms with Crippen molar-refractivity contribution in [2.45, 2.75) is 17.3 Å². The van der Waals surface area contributed by atoms with E-state index in [1.807, 2.05) is 0 Å². The summed E-state index contributed by atoms with van der Waals surface area (Å²) in [7, 11) is 0. The van der Waals surface area contributed by atoms with Crippen LogP contribution in [0, 0.1) is 5.82 Å². The number of tetrazole rings is 1. The Morgan fingerprint density at radius 2 is 2.04 bits per heavy atom. The van der Waals surface area contributed by atoms with Crippen molar-refractivity contribution in [1.82, 2.24) is 20.2 Å². The number of carbonyl (C=O) groups is 1. The Labute approximate surface area is 152 Å². The molecule has 25 heavy (non-hydrogen) atoms. The minimum atomic E-state index is -0.464. The molecule has 9 heteroatoms. The molecular weight excluding hydrogens is 365 g/mol. The van der Waals surface area contributed by atoms with Crippen molar-refractivity contribution >= 4 is 35.0 Å². The summed E-state index contributed by atoms with van der Waals surface area (Å²) in [5, 5.41) is 14.7. The molecule has 6 nitrogen and oxygen atoms in total. The Kier molecular flexibility index (Phi) is 5.30. The predicted molar refractivity (Wildman–Crippen MR) is 94.5 cm³/mol. The lowest BCUT2D eigenvalue weighted by molar-refractivity contribution is -0.115. The van der Waals surface area contributed by atoms with Crippen LogP contribution in [0.4, 0.5) is 10.1 Å². The van der Waals surface area contributed by atoms with Gasteiger partial charge in [0.15, 0.2) is 0 Å². The second-order valence-corrected chi connectivity index (χ2v) is 6.85. The zero-order valence-electron chi connectivity index (χ0n) is 13.1. The predicted octanol–water partition coefficient (Wildman–Crippen LogP) is 3.57. The smallest absolute Gasteiger partial charge is 0.237 e. The summed E-state index contributed by atoms with van der Waals surface area (Å²) < 4.78 is 14.8. The maximum absolute atomic E-state index is 13.4. The van der Waals surface area contributed by atoms with Crippen LogP contribution < -0.4 is 5.32 Å². The number of thioether (sulfide) groups is 1. The maximum Gasteiger partial charge on any atom is 0.237 e. The van der Waals surface area contributed by atoms with Crippen LogP contribution >= 0.6 is 23.4 Å². The Morgan fingerprint density at radius 1 is 1.28 bits per heavy atom. The average molecular weight is 378 g/mol. The Morgan fingerprint density at radius 3 is 2.76 bits per heavy atom. The van der Waals surface area contributed by atoms with Gasteiger partial charge in [-0.3, -0.25) is 4.79 Å². The first-order chi connectivity index (χ1) is 12.0. The van der Waals surface area contributed by atoms with E-state index in [1.165, 1.54) is 28.6 Å². The molecule has 0 fully saturated rings. The van der Waals surface area contributed by atoms with Gasteiger partial charge in [-0.1, -0.05) is 29.4 Å². The van der Waals surface area contributed by atoms with Gasteiger partial charge in [0, 0.05) is 10.7 Å². The van der Waals surface area contributed by atoms with E-state index in [2.05, 4.69) is 20.8 Å². The molecule has 1 N–H and O–H groups in total. The Bertz CT molecular complexity index is 886. The van der Waals surface area contributed by atoms with Gasteiger partial charge in [-0.2, -0.15) is 4.68 Å². The largest absolute Gasteiger partial charge is 0.325 e. The highest BCUT2D eigenvalue weighted by atomic mass is 35.5. The third kappa shape index (κ3) is 4.34. The fraction of sp³-hybridized carbons (Fsp3) is 0.125. The maximum atomic E-state index is 13.4. The van der Waals surface area contributed by atoms with E-state index in [-0.39, 0.29) is 5.91 Å². The van der Waals surface area contributed by atoms with Crippen molar-refractivity contribution in [2.24, 2.45) is 0 Å². The van der Waals surface area contributed by atoms with Crippen LogP contribution in [0.15, 0.2) is 53.7 Å². The first kappa shape index (κ1) is 17.4. The quantitative estimate of drug-likeness (QED) is 0.688. The van der Waals surface area contributed by atoms with Crippen LogP contribution in [0.3, 0.4) is 0 Å². The Hall–Kier alpha value is -2.45. The molecule has 0 aliphatic carbocycles. The molecule has 0 unspecified atom stereocenters. The number of aromatic nitrogens is 4. The molecule has 0 saturated heterocycles. The number of halogens is 2. The van der Waals surface area contributed by atoms with Gasteiger partial charge in [-0.25, -0.2) is 4.39 Å². The first-order valence-electron chi connectivity index (χ1n) is 7.30. The highest BCUT2D eigenvalue weighted by molar-refractivity contribution is 8.00. The number of nitrogens with zero attached hydrogens (tertiary/aromatic N) is 4. The molecule has 1 atom stereocenters. The SMILES string of the molecule is C[C@H](Sc1nnnn1-c1cccc(F)c1)C(=O)Nc1ccc(Cl)cc1. The summed E-state index contributed by atoms with van der Waals surface area (Å²) in [5.74, 6) is -0.599. The number of amides is 1. The number of anilines is 1. The molecule has 128 valence electrons. The minimum absolute atomic E-state index is 0.207. The molecule has 1 heterocycles. The lowest BCUT2D eigenvalue weighted by Crippen LogP contribution is -2.22. The van der Waals surface area contributed by atoms with Crippen LogP contribution in [-0.2, 0) is 4.79 Å². The second-order valence-electron chi connectivity index (χ2n) is 5.11. The Balaban J connectivity index is 1.71. The normalized spacial score (nSPS) is 12.0. The van der Waals surface area contributed by atoms with E-state index < -0.39 is 11.1 Å². The molecule has 3 aromatic rings. The van der Waals surface area contributed by atoms with Gasteiger partial charge in [-0.05, 0) is 59.8 Å². The molecule has 0 spiro atoms. The zero-order chi connectivity index (χ0) is 17.8. The van der Waals surface area contributed by atoms with Gasteiger partial charge in [0.05, 0.1) is 10.9 Å². The highest BCUT2D eigenvalue weighted by Gasteiger charge is 2.19. The first-order valence-corrected chi connectivity index (χ1v) is 8.56. The van der Waals surface area contributed by atoms with Crippen molar-refractivity contribution in [1.29, 1.82) is 0 Å². The van der Waals surface area contributed by atoms with Crippen LogP contribution in [0.25, 0.3) is 5.69 Å². The topological polar surface area (TPSA) is 72.7 Å². The van der Waals surface area contributed by atoms with Crippen LogP contribution in [0.1, 0.15) is 6.92 Å². The number of hydrogen-bond acceptors (Lipinski definition) is 5. The third-order valence-corrected chi connectivity index (χ3v) is 4.54. The van der Waals surface area contributed by atoms with Gasteiger partial charge in [0.1, 0.15) is 5.82 Å². The van der Waals surface area contributed by atoms with Crippen molar-refractivity contribution in [3.05, 3.63) is 59.4 Å². The van der Waals surface area contributed by atoms with Crippen LogP contribution in [0.5, 0.6) is 0 Å². The molecule has 0 aliphatic rings. The van der Waals surface area contributed by atoms with Gasteiger partial charge < -0.3 is 5.32 Å². The molecule has 1 aromatic heterocycles. The van der Waals surface area contributed by atoms with E-state index >= 15 is 0 Å². The molecule has 0 saturated carbocycles. The van der Waals surface area contributed by atoms with Gasteiger partial charge in [0.2, 0.25) is 11.1 Å². The molecule has 0 aliphatic heterocycles. The summed E-state index contributed by atoms with van der Waals surface area (Å²) in [6.45, 7) is 1.74. The molecule has 2 aromatic carbocycles. The summed E-state index contributed by atoms with van der Waals surface area (Å²) in [6.07, 6.45) is 0. The van der Waals surface area contributed by atoms with Crippen molar-refractivity contribution in [2.75, 3.05) is 5.32 Å². The van der Waals surface area contributed by atoms with Crippen molar-refractivity contribution in [3.8, 4) is 5.69 Å². The van der Waals surface area contributed by atoms with E-state index in [9.17, 15) is 9.18 Å². The third-order valence-electron chi connectivity index (χ3n) is 3.26. The number of benzene rings is 2. The summed E-state index contributed by atoms with van der Waals surface area (Å²) >= 11 is 7.00. The standard InChI is InChI=1S/C16H13ClFN5OS/c1-10(15(24)19-13-7-5-11(17)6-8-13)25-16-20-21-22-23(16)14-4-2-3-12(18)9-14/h2-10H,1H3,(H,19,24)/t10-/m0/s1.